The van der Waals surface area contributed by atoms with E-state index in [-0.39, 0.29) is 18.1 Å². The first-order valence-corrected chi connectivity index (χ1v) is 5.15. The van der Waals surface area contributed by atoms with Crippen LogP contribution in [0.3, 0.4) is 0 Å². The van der Waals surface area contributed by atoms with Crippen molar-refractivity contribution in [3.05, 3.63) is 24.0 Å². The standard InChI is InChI=1S/C11H15NO3/c1-15-11(14)10-3-2-6-12(10)8-4-5-9(13)7-8/h2-3,6,8-9,13H,4-5,7H2,1H3. The van der Waals surface area contributed by atoms with E-state index in [0.717, 1.165) is 19.3 Å². The van der Waals surface area contributed by atoms with Gasteiger partial charge in [-0.25, -0.2) is 4.79 Å². The minimum Gasteiger partial charge on any atom is -0.464 e. The maximum absolute atomic E-state index is 11.4. The third kappa shape index (κ3) is 1.90. The molecule has 0 amide bonds. The minimum atomic E-state index is -0.318. The van der Waals surface area contributed by atoms with Crippen LogP contribution in [0.15, 0.2) is 18.3 Å². The molecule has 2 atom stereocenters. The number of carbonyl (C=O) groups is 1. The van der Waals surface area contributed by atoms with Crippen LogP contribution in [-0.4, -0.2) is 28.9 Å². The second-order valence-corrected chi connectivity index (χ2v) is 3.91. The lowest BCUT2D eigenvalue weighted by molar-refractivity contribution is 0.0585. The summed E-state index contributed by atoms with van der Waals surface area (Å²) < 4.78 is 6.60. The molecule has 2 unspecified atom stereocenters. The Morgan fingerprint density at radius 2 is 2.40 bits per heavy atom. The molecule has 0 saturated heterocycles. The van der Waals surface area contributed by atoms with Crippen LogP contribution in [0.1, 0.15) is 35.8 Å². The normalized spacial score (nSPS) is 25.5. The summed E-state index contributed by atoms with van der Waals surface area (Å²) in [7, 11) is 1.38. The van der Waals surface area contributed by atoms with Gasteiger partial charge in [-0.3, -0.25) is 0 Å². The smallest absolute Gasteiger partial charge is 0.354 e. The lowest BCUT2D eigenvalue weighted by Crippen LogP contribution is -2.14. The molecule has 1 fully saturated rings. The maximum atomic E-state index is 11.4. The lowest BCUT2D eigenvalue weighted by atomic mass is 10.2. The number of aromatic nitrogens is 1. The highest BCUT2D eigenvalue weighted by Crippen LogP contribution is 2.31. The summed E-state index contributed by atoms with van der Waals surface area (Å²) in [5, 5.41) is 9.46. The molecule has 1 aliphatic carbocycles. The van der Waals surface area contributed by atoms with Crippen LogP contribution in [0.25, 0.3) is 0 Å². The Hall–Kier alpha value is -1.29. The molecule has 15 heavy (non-hydrogen) atoms. The number of nitrogens with zero attached hydrogens (tertiary/aromatic N) is 1. The molecule has 0 spiro atoms. The van der Waals surface area contributed by atoms with Crippen LogP contribution in [0.2, 0.25) is 0 Å². The fourth-order valence-corrected chi connectivity index (χ4v) is 2.18. The largest absolute Gasteiger partial charge is 0.464 e. The van der Waals surface area contributed by atoms with Gasteiger partial charge in [-0.15, -0.1) is 0 Å². The van der Waals surface area contributed by atoms with Crippen molar-refractivity contribution in [2.75, 3.05) is 7.11 Å². The molecule has 1 N–H and O–H groups in total. The number of rotatable bonds is 2. The Kier molecular flexibility index (Phi) is 2.77. The minimum absolute atomic E-state index is 0.226. The molecular formula is C11H15NO3. The van der Waals surface area contributed by atoms with Gasteiger partial charge < -0.3 is 14.4 Å². The van der Waals surface area contributed by atoms with Crippen molar-refractivity contribution < 1.29 is 14.6 Å². The number of carbonyl (C=O) groups excluding carboxylic acids is 1. The fourth-order valence-electron chi connectivity index (χ4n) is 2.18. The van der Waals surface area contributed by atoms with Gasteiger partial charge in [-0.2, -0.15) is 0 Å². The molecule has 1 aliphatic rings. The third-order valence-corrected chi connectivity index (χ3v) is 2.94. The molecule has 1 saturated carbocycles. The Balaban J connectivity index is 2.21. The summed E-state index contributed by atoms with van der Waals surface area (Å²) in [4.78, 5) is 11.4. The number of hydrogen-bond acceptors (Lipinski definition) is 3. The first-order valence-electron chi connectivity index (χ1n) is 5.15. The number of aliphatic hydroxyl groups is 1. The zero-order chi connectivity index (χ0) is 10.8. The molecule has 1 heterocycles. The second kappa shape index (κ2) is 4.06. The molecule has 82 valence electrons. The van der Waals surface area contributed by atoms with E-state index in [4.69, 9.17) is 4.74 Å². The zero-order valence-electron chi connectivity index (χ0n) is 8.72. The number of methoxy groups -OCH3 is 1. The Morgan fingerprint density at radius 3 is 3.00 bits per heavy atom. The molecule has 0 radical (unpaired) electrons. The molecule has 4 nitrogen and oxygen atoms in total. The molecular weight excluding hydrogens is 194 g/mol. The van der Waals surface area contributed by atoms with E-state index in [0.29, 0.717) is 5.69 Å². The molecule has 4 heteroatoms. The average Bonchev–Trinajstić information content (AvgIpc) is 2.84. The van der Waals surface area contributed by atoms with E-state index in [1.807, 2.05) is 16.8 Å². The highest BCUT2D eigenvalue weighted by Gasteiger charge is 2.26. The van der Waals surface area contributed by atoms with E-state index < -0.39 is 0 Å². The summed E-state index contributed by atoms with van der Waals surface area (Å²) in [6, 6.07) is 3.80. The van der Waals surface area contributed by atoms with Crippen molar-refractivity contribution in [3.63, 3.8) is 0 Å². The van der Waals surface area contributed by atoms with Gasteiger partial charge in [0.1, 0.15) is 5.69 Å². The summed E-state index contributed by atoms with van der Waals surface area (Å²) in [5.41, 5.74) is 0.566. The van der Waals surface area contributed by atoms with E-state index >= 15 is 0 Å². The number of ether oxygens (including phenoxy) is 1. The molecule has 0 bridgehead atoms. The van der Waals surface area contributed by atoms with Crippen LogP contribution in [0, 0.1) is 0 Å². The van der Waals surface area contributed by atoms with Gasteiger partial charge in [-0.1, -0.05) is 0 Å². The van der Waals surface area contributed by atoms with Crippen LogP contribution >= 0.6 is 0 Å². The summed E-state index contributed by atoms with van der Waals surface area (Å²) in [5.74, 6) is -0.318. The average molecular weight is 209 g/mol. The molecule has 1 aromatic rings. The van der Waals surface area contributed by atoms with Crippen LogP contribution in [0.5, 0.6) is 0 Å². The lowest BCUT2D eigenvalue weighted by Gasteiger charge is -2.14. The van der Waals surface area contributed by atoms with Gasteiger partial charge in [0.15, 0.2) is 0 Å². The van der Waals surface area contributed by atoms with Crippen LogP contribution in [-0.2, 0) is 4.74 Å². The molecule has 0 aromatic carbocycles. The van der Waals surface area contributed by atoms with Crippen molar-refractivity contribution in [2.45, 2.75) is 31.4 Å². The van der Waals surface area contributed by atoms with E-state index in [9.17, 15) is 9.90 Å². The number of esters is 1. The highest BCUT2D eigenvalue weighted by atomic mass is 16.5. The van der Waals surface area contributed by atoms with Crippen molar-refractivity contribution in [1.82, 2.24) is 4.57 Å². The molecule has 1 aromatic heterocycles. The first-order chi connectivity index (χ1) is 7.22. The number of hydrogen-bond donors (Lipinski definition) is 1. The second-order valence-electron chi connectivity index (χ2n) is 3.91. The monoisotopic (exact) mass is 209 g/mol. The van der Waals surface area contributed by atoms with Gasteiger partial charge in [0, 0.05) is 12.2 Å². The zero-order valence-corrected chi connectivity index (χ0v) is 8.72. The van der Waals surface area contributed by atoms with Crippen molar-refractivity contribution in [1.29, 1.82) is 0 Å². The van der Waals surface area contributed by atoms with Gasteiger partial charge in [0.2, 0.25) is 0 Å². The van der Waals surface area contributed by atoms with Gasteiger partial charge in [-0.05, 0) is 31.4 Å². The van der Waals surface area contributed by atoms with E-state index in [1.165, 1.54) is 7.11 Å². The summed E-state index contributed by atoms with van der Waals surface area (Å²) in [6.07, 6.45) is 4.08. The Morgan fingerprint density at radius 1 is 1.60 bits per heavy atom. The number of aliphatic hydroxyl groups excluding tert-OH is 1. The van der Waals surface area contributed by atoms with Crippen LogP contribution < -0.4 is 0 Å². The summed E-state index contributed by atoms with van der Waals surface area (Å²) >= 11 is 0. The molecule has 0 aliphatic heterocycles. The van der Waals surface area contributed by atoms with Crippen molar-refractivity contribution in [2.24, 2.45) is 0 Å². The predicted molar refractivity (Wildman–Crippen MR) is 54.7 cm³/mol. The fraction of sp³-hybridized carbons (Fsp3) is 0.545. The third-order valence-electron chi connectivity index (χ3n) is 2.94. The van der Waals surface area contributed by atoms with Crippen molar-refractivity contribution in [3.8, 4) is 0 Å². The van der Waals surface area contributed by atoms with Crippen LogP contribution in [0.4, 0.5) is 0 Å². The summed E-state index contributed by atoms with van der Waals surface area (Å²) in [6.45, 7) is 0. The Labute approximate surface area is 88.5 Å². The van der Waals surface area contributed by atoms with Gasteiger partial charge in [0.05, 0.1) is 13.2 Å². The van der Waals surface area contributed by atoms with Gasteiger partial charge in [0.25, 0.3) is 0 Å². The topological polar surface area (TPSA) is 51.5 Å². The SMILES string of the molecule is COC(=O)c1cccn1C1CCC(O)C1. The van der Waals surface area contributed by atoms with E-state index in [1.54, 1.807) is 6.07 Å². The maximum Gasteiger partial charge on any atom is 0.354 e. The quantitative estimate of drug-likeness (QED) is 0.748. The van der Waals surface area contributed by atoms with Gasteiger partial charge >= 0.3 is 5.97 Å². The van der Waals surface area contributed by atoms with Crippen molar-refractivity contribution >= 4 is 5.97 Å². The Bertz CT molecular complexity index is 358. The predicted octanol–water partition coefficient (Wildman–Crippen LogP) is 1.36. The highest BCUT2D eigenvalue weighted by molar-refractivity contribution is 5.87. The van der Waals surface area contributed by atoms with E-state index in [2.05, 4.69) is 0 Å². The first kappa shape index (κ1) is 10.2. The molecule has 2 rings (SSSR count).